The summed E-state index contributed by atoms with van der Waals surface area (Å²) in [6.07, 6.45) is -0.180. The second kappa shape index (κ2) is 9.87. The zero-order chi connectivity index (χ0) is 25.3. The average molecular weight is 504 g/mol. The van der Waals surface area contributed by atoms with Crippen LogP contribution in [0.1, 0.15) is 58.1 Å². The first kappa shape index (κ1) is 25.0. The predicted octanol–water partition coefficient (Wildman–Crippen LogP) is 3.81. The molecule has 1 amide bonds. The van der Waals surface area contributed by atoms with Gasteiger partial charge in [-0.15, -0.1) is 0 Å². The number of sulfone groups is 1. The van der Waals surface area contributed by atoms with Gasteiger partial charge in [-0.3, -0.25) is 4.79 Å². The van der Waals surface area contributed by atoms with Crippen LogP contribution >= 0.6 is 0 Å². The van der Waals surface area contributed by atoms with Crippen molar-refractivity contribution >= 4 is 15.7 Å². The van der Waals surface area contributed by atoms with Crippen molar-refractivity contribution in [2.24, 2.45) is 0 Å². The summed E-state index contributed by atoms with van der Waals surface area (Å²) in [7, 11) is -3.69. The Kier molecular flexibility index (Phi) is 7.05. The molecule has 7 nitrogen and oxygen atoms in total. The Bertz CT molecular complexity index is 1330. The van der Waals surface area contributed by atoms with Gasteiger partial charge in [-0.2, -0.15) is 0 Å². The second-order valence-corrected chi connectivity index (χ2v) is 11.3. The fourth-order valence-electron chi connectivity index (χ4n) is 4.43. The number of nitrogens with one attached hydrogen (secondary N) is 2. The molecular weight excluding hydrogens is 476 g/mol. The minimum atomic E-state index is -3.69. The number of carbonyl (C=O) groups excluding carboxylic acids is 1. The molecule has 3 aromatic rings. The third-order valence-corrected chi connectivity index (χ3v) is 9.08. The molecule has 0 radical (unpaired) electrons. The molecule has 1 aliphatic rings. The van der Waals surface area contributed by atoms with Gasteiger partial charge < -0.3 is 15.2 Å². The number of rotatable bonds is 6. The Morgan fingerprint density at radius 3 is 2.57 bits per heavy atom. The highest BCUT2D eigenvalue weighted by Crippen LogP contribution is 2.33. The summed E-state index contributed by atoms with van der Waals surface area (Å²) in [5.74, 6) is -2.12. The molecule has 0 spiro atoms. The smallest absolute Gasteiger partial charge is 0.290 e. The first-order valence-electron chi connectivity index (χ1n) is 11.3. The van der Waals surface area contributed by atoms with Crippen LogP contribution in [-0.4, -0.2) is 37.3 Å². The van der Waals surface area contributed by atoms with E-state index in [9.17, 15) is 13.2 Å². The van der Waals surface area contributed by atoms with E-state index in [2.05, 4.69) is 15.8 Å². The summed E-state index contributed by atoms with van der Waals surface area (Å²) in [5, 5.41) is 7.68. The van der Waals surface area contributed by atoms with Crippen LogP contribution in [0.4, 0.5) is 8.78 Å². The van der Waals surface area contributed by atoms with E-state index >= 15 is 8.78 Å². The van der Waals surface area contributed by atoms with Crippen LogP contribution in [0.15, 0.2) is 53.1 Å². The summed E-state index contributed by atoms with van der Waals surface area (Å²) in [4.78, 5) is 12.3. The maximum absolute atomic E-state index is 15.1. The van der Waals surface area contributed by atoms with E-state index in [-0.39, 0.29) is 29.9 Å². The lowest BCUT2D eigenvalue weighted by Crippen LogP contribution is -2.53. The summed E-state index contributed by atoms with van der Waals surface area (Å²) in [5.41, 5.74) is 1.08. The molecule has 1 aliphatic heterocycles. The average Bonchev–Trinajstić information content (AvgIpc) is 3.25. The molecule has 2 aromatic carbocycles. The van der Waals surface area contributed by atoms with Gasteiger partial charge in [0.05, 0.1) is 22.2 Å². The van der Waals surface area contributed by atoms with Crippen molar-refractivity contribution in [3.8, 4) is 0 Å². The second-order valence-electron chi connectivity index (χ2n) is 8.92. The van der Waals surface area contributed by atoms with Crippen molar-refractivity contribution in [2.75, 3.05) is 6.54 Å². The van der Waals surface area contributed by atoms with E-state index in [4.69, 9.17) is 4.52 Å². The molecule has 2 heterocycles. The van der Waals surface area contributed by atoms with Gasteiger partial charge in [-0.1, -0.05) is 35.5 Å². The van der Waals surface area contributed by atoms with Gasteiger partial charge in [-0.05, 0) is 50.5 Å². The van der Waals surface area contributed by atoms with Crippen molar-refractivity contribution in [1.82, 2.24) is 15.8 Å². The number of aromatic nitrogens is 1. The number of aryl methyl sites for hydroxylation is 1. The third kappa shape index (κ3) is 5.13. The largest absolute Gasteiger partial charge is 0.351 e. The summed E-state index contributed by atoms with van der Waals surface area (Å²) < 4.78 is 61.9. The minimum absolute atomic E-state index is 0.0356. The van der Waals surface area contributed by atoms with Gasteiger partial charge in [0.2, 0.25) is 5.76 Å². The summed E-state index contributed by atoms with van der Waals surface area (Å²) in [6, 6.07) is 11.0. The van der Waals surface area contributed by atoms with Gasteiger partial charge >= 0.3 is 0 Å². The standard InChI is InChI=1S/C25H27F2N3O4S/c1-14-9-22(34-30-14)25(31)29-15(2)19-12-20(26)18(10-21(19)27)11-23-16(3)28-13-24(35(23,32)33)17-7-5-4-6-8-17/h4-10,12,15-16,23-24,28H,11,13H2,1-3H3,(H,29,31)/t15?,16-,23?,24-/m0/s1. The van der Waals surface area contributed by atoms with Gasteiger partial charge in [0, 0.05) is 24.2 Å². The Hall–Kier alpha value is -3.11. The molecule has 2 unspecified atom stereocenters. The lowest BCUT2D eigenvalue weighted by molar-refractivity contribution is 0.0902. The van der Waals surface area contributed by atoms with Gasteiger partial charge in [-0.25, -0.2) is 17.2 Å². The predicted molar refractivity (Wildman–Crippen MR) is 127 cm³/mol. The first-order valence-corrected chi connectivity index (χ1v) is 12.9. The highest BCUT2D eigenvalue weighted by Gasteiger charge is 2.42. The lowest BCUT2D eigenvalue weighted by atomic mass is 9.99. The number of benzene rings is 2. The Morgan fingerprint density at radius 2 is 1.91 bits per heavy atom. The minimum Gasteiger partial charge on any atom is -0.351 e. The van der Waals surface area contributed by atoms with E-state index in [0.717, 1.165) is 12.1 Å². The Labute approximate surface area is 202 Å². The molecule has 10 heteroatoms. The SMILES string of the molecule is Cc1cc(C(=O)NC(C)c2cc(F)c(CC3[C@H](C)NC[C@@H](c4ccccc4)S3(=O)=O)cc2F)on1. The van der Waals surface area contributed by atoms with E-state index in [1.807, 2.05) is 6.07 Å². The normalized spacial score (nSPS) is 22.5. The molecule has 0 aliphatic carbocycles. The Morgan fingerprint density at radius 1 is 1.20 bits per heavy atom. The maximum atomic E-state index is 15.1. The fraction of sp³-hybridized carbons (Fsp3) is 0.360. The number of hydrogen-bond acceptors (Lipinski definition) is 6. The first-order chi connectivity index (χ1) is 16.6. The zero-order valence-electron chi connectivity index (χ0n) is 19.6. The highest BCUT2D eigenvalue weighted by atomic mass is 32.2. The van der Waals surface area contributed by atoms with Crippen LogP contribution in [-0.2, 0) is 16.3 Å². The van der Waals surface area contributed by atoms with Crippen molar-refractivity contribution in [3.63, 3.8) is 0 Å². The van der Waals surface area contributed by atoms with Crippen LogP contribution in [0.5, 0.6) is 0 Å². The van der Waals surface area contributed by atoms with Crippen LogP contribution in [0.25, 0.3) is 0 Å². The topological polar surface area (TPSA) is 101 Å². The van der Waals surface area contributed by atoms with Crippen molar-refractivity contribution < 1.29 is 26.5 Å². The zero-order valence-corrected chi connectivity index (χ0v) is 20.4. The molecule has 1 aromatic heterocycles. The van der Waals surface area contributed by atoms with E-state index < -0.39 is 50.0 Å². The van der Waals surface area contributed by atoms with Gasteiger partial charge in [0.1, 0.15) is 11.6 Å². The molecule has 186 valence electrons. The molecule has 4 atom stereocenters. The quantitative estimate of drug-likeness (QED) is 0.531. The van der Waals surface area contributed by atoms with Crippen LogP contribution in [0.2, 0.25) is 0 Å². The van der Waals surface area contributed by atoms with Crippen molar-refractivity contribution in [1.29, 1.82) is 0 Å². The highest BCUT2D eigenvalue weighted by molar-refractivity contribution is 7.92. The van der Waals surface area contributed by atoms with Gasteiger partial charge in [0.15, 0.2) is 9.84 Å². The molecule has 4 rings (SSSR count). The molecule has 0 saturated carbocycles. The molecular formula is C25H27F2N3O4S. The van der Waals surface area contributed by atoms with Crippen LogP contribution < -0.4 is 10.6 Å². The monoisotopic (exact) mass is 503 g/mol. The molecule has 2 N–H and O–H groups in total. The van der Waals surface area contributed by atoms with E-state index in [0.29, 0.717) is 11.3 Å². The molecule has 1 fully saturated rings. The maximum Gasteiger partial charge on any atom is 0.290 e. The van der Waals surface area contributed by atoms with Gasteiger partial charge in [0.25, 0.3) is 5.91 Å². The molecule has 0 bridgehead atoms. The number of nitrogens with zero attached hydrogens (tertiary/aromatic N) is 1. The number of hydrogen-bond donors (Lipinski definition) is 2. The van der Waals surface area contributed by atoms with E-state index in [1.165, 1.54) is 13.0 Å². The summed E-state index contributed by atoms with van der Waals surface area (Å²) in [6.45, 7) is 5.15. The molecule has 1 saturated heterocycles. The third-order valence-electron chi connectivity index (χ3n) is 6.43. The fourth-order valence-corrected chi connectivity index (χ4v) is 6.79. The Balaban J connectivity index is 1.55. The van der Waals surface area contributed by atoms with Crippen LogP contribution in [0.3, 0.4) is 0 Å². The van der Waals surface area contributed by atoms with Crippen molar-refractivity contribution in [3.05, 3.63) is 88.3 Å². The molecule has 35 heavy (non-hydrogen) atoms. The van der Waals surface area contributed by atoms with Crippen molar-refractivity contribution in [2.45, 2.75) is 49.8 Å². The number of carbonyl (C=O) groups is 1. The van der Waals surface area contributed by atoms with Crippen LogP contribution in [0, 0.1) is 18.6 Å². The van der Waals surface area contributed by atoms with E-state index in [1.54, 1.807) is 38.1 Å². The number of halogens is 2. The number of amides is 1. The summed E-state index contributed by atoms with van der Waals surface area (Å²) >= 11 is 0. The lowest BCUT2D eigenvalue weighted by Gasteiger charge is -2.35.